The largest absolute Gasteiger partial charge is 0.372 e. The molecule has 1 aliphatic carbocycles. The molecular formula is C25H31N3O3S. The van der Waals surface area contributed by atoms with Gasteiger partial charge in [-0.3, -0.25) is 4.79 Å². The van der Waals surface area contributed by atoms with Crippen molar-refractivity contribution in [2.24, 2.45) is 5.92 Å². The topological polar surface area (TPSA) is 69.7 Å². The highest BCUT2D eigenvalue weighted by atomic mass is 32.2. The zero-order valence-electron chi connectivity index (χ0n) is 18.6. The maximum absolute atomic E-state index is 13.1. The van der Waals surface area contributed by atoms with Crippen molar-refractivity contribution in [3.05, 3.63) is 53.6 Å². The summed E-state index contributed by atoms with van der Waals surface area (Å²) in [6.45, 7) is 4.69. The minimum atomic E-state index is -3.67. The second-order valence-electron chi connectivity index (χ2n) is 9.29. The van der Waals surface area contributed by atoms with Crippen molar-refractivity contribution < 1.29 is 13.2 Å². The molecule has 1 N–H and O–H groups in total. The van der Waals surface area contributed by atoms with E-state index in [0.29, 0.717) is 13.0 Å². The lowest BCUT2D eigenvalue weighted by Gasteiger charge is -2.29. The van der Waals surface area contributed by atoms with Gasteiger partial charge >= 0.3 is 0 Å². The van der Waals surface area contributed by atoms with E-state index in [0.717, 1.165) is 42.7 Å². The molecule has 32 heavy (non-hydrogen) atoms. The summed E-state index contributed by atoms with van der Waals surface area (Å²) in [5.41, 5.74) is 3.94. The summed E-state index contributed by atoms with van der Waals surface area (Å²) < 4.78 is 28.9. The number of amides is 1. The first-order valence-electron chi connectivity index (χ1n) is 11.7. The third-order valence-electron chi connectivity index (χ3n) is 6.90. The van der Waals surface area contributed by atoms with Crippen LogP contribution in [0.25, 0.3) is 0 Å². The molecule has 5 rings (SSSR count). The Bertz CT molecular complexity index is 1100. The molecule has 1 atom stereocenters. The van der Waals surface area contributed by atoms with Crippen LogP contribution in [0, 0.1) is 5.92 Å². The van der Waals surface area contributed by atoms with E-state index in [1.165, 1.54) is 24.9 Å². The van der Waals surface area contributed by atoms with Crippen LogP contribution in [0.4, 0.5) is 11.4 Å². The van der Waals surface area contributed by atoms with Gasteiger partial charge in [-0.2, -0.15) is 0 Å². The molecule has 1 saturated heterocycles. The van der Waals surface area contributed by atoms with E-state index in [2.05, 4.69) is 21.8 Å². The van der Waals surface area contributed by atoms with Crippen LogP contribution in [0.5, 0.6) is 0 Å². The average Bonchev–Trinajstić information content (AvgIpc) is 3.58. The van der Waals surface area contributed by atoms with Gasteiger partial charge in [0, 0.05) is 43.0 Å². The van der Waals surface area contributed by atoms with E-state index < -0.39 is 10.0 Å². The molecule has 0 unspecified atom stereocenters. The van der Waals surface area contributed by atoms with Crippen LogP contribution in [0.3, 0.4) is 0 Å². The van der Waals surface area contributed by atoms with Crippen LogP contribution >= 0.6 is 0 Å². The number of anilines is 2. The Labute approximate surface area is 190 Å². The van der Waals surface area contributed by atoms with Crippen molar-refractivity contribution in [3.63, 3.8) is 0 Å². The van der Waals surface area contributed by atoms with Crippen molar-refractivity contribution in [2.45, 2.75) is 56.4 Å². The SMILES string of the molecule is C[C@@H](NS(=O)(=O)c1ccc2c(c1)CCN2C(=O)C1CC1)c1ccc(N2CCCCC2)cc1. The van der Waals surface area contributed by atoms with Crippen molar-refractivity contribution in [1.82, 2.24) is 4.72 Å². The molecule has 7 heteroatoms. The first-order valence-corrected chi connectivity index (χ1v) is 13.2. The van der Waals surface area contributed by atoms with Crippen LogP contribution in [0.2, 0.25) is 0 Å². The third kappa shape index (κ3) is 4.28. The second-order valence-corrected chi connectivity index (χ2v) is 11.0. The van der Waals surface area contributed by atoms with Crippen LogP contribution in [-0.2, 0) is 21.2 Å². The molecule has 0 aromatic heterocycles. The lowest BCUT2D eigenvalue weighted by atomic mass is 10.1. The molecule has 0 spiro atoms. The van der Waals surface area contributed by atoms with Gasteiger partial charge in [-0.25, -0.2) is 13.1 Å². The predicted octanol–water partition coefficient (Wildman–Crippen LogP) is 4.02. The van der Waals surface area contributed by atoms with E-state index in [-0.39, 0.29) is 22.8 Å². The van der Waals surface area contributed by atoms with Gasteiger partial charge in [0.25, 0.3) is 0 Å². The Morgan fingerprint density at radius 1 is 1.00 bits per heavy atom. The van der Waals surface area contributed by atoms with Crippen LogP contribution in [0.15, 0.2) is 47.4 Å². The zero-order chi connectivity index (χ0) is 22.3. The highest BCUT2D eigenvalue weighted by Crippen LogP contribution is 2.37. The zero-order valence-corrected chi connectivity index (χ0v) is 19.4. The lowest BCUT2D eigenvalue weighted by molar-refractivity contribution is -0.119. The summed E-state index contributed by atoms with van der Waals surface area (Å²) in [6.07, 6.45) is 6.39. The summed E-state index contributed by atoms with van der Waals surface area (Å²) in [5.74, 6) is 0.340. The van der Waals surface area contributed by atoms with Crippen LogP contribution in [0.1, 0.15) is 56.2 Å². The molecule has 2 aromatic rings. The van der Waals surface area contributed by atoms with Gasteiger partial charge in [-0.05, 0) is 86.9 Å². The maximum Gasteiger partial charge on any atom is 0.241 e. The fraction of sp³-hybridized carbons (Fsp3) is 0.480. The standard InChI is InChI=1S/C25H31N3O3S/c1-18(19-7-9-22(10-8-19)27-14-3-2-4-15-27)26-32(30,31)23-11-12-24-21(17-23)13-16-28(24)25(29)20-5-6-20/h7-12,17-18,20,26H,2-6,13-16H2,1H3/t18-/m1/s1. The molecule has 1 saturated carbocycles. The fourth-order valence-electron chi connectivity index (χ4n) is 4.82. The summed E-state index contributed by atoms with van der Waals surface area (Å²) in [6, 6.07) is 13.0. The van der Waals surface area contributed by atoms with E-state index >= 15 is 0 Å². The van der Waals surface area contributed by atoms with Gasteiger partial charge in [-0.15, -0.1) is 0 Å². The molecular weight excluding hydrogens is 422 g/mol. The van der Waals surface area contributed by atoms with Gasteiger partial charge < -0.3 is 9.80 Å². The summed E-state index contributed by atoms with van der Waals surface area (Å²) in [4.78, 5) is 16.9. The quantitative estimate of drug-likeness (QED) is 0.717. The highest BCUT2D eigenvalue weighted by molar-refractivity contribution is 7.89. The van der Waals surface area contributed by atoms with Crippen LogP contribution < -0.4 is 14.5 Å². The van der Waals surface area contributed by atoms with Gasteiger partial charge in [-0.1, -0.05) is 12.1 Å². The molecule has 2 heterocycles. The van der Waals surface area contributed by atoms with Crippen LogP contribution in [-0.4, -0.2) is 34.0 Å². The molecule has 3 aliphatic rings. The number of benzene rings is 2. The summed E-state index contributed by atoms with van der Waals surface area (Å²) in [5, 5.41) is 0. The lowest BCUT2D eigenvalue weighted by Crippen LogP contribution is -2.30. The Kier molecular flexibility index (Phi) is 5.72. The summed E-state index contributed by atoms with van der Waals surface area (Å²) >= 11 is 0. The minimum absolute atomic E-state index is 0.160. The second kappa shape index (κ2) is 8.52. The number of hydrogen-bond donors (Lipinski definition) is 1. The first-order chi connectivity index (χ1) is 15.4. The molecule has 170 valence electrons. The number of carbonyl (C=O) groups is 1. The van der Waals surface area contributed by atoms with Gasteiger partial charge in [0.05, 0.1) is 4.90 Å². The van der Waals surface area contributed by atoms with Crippen molar-refractivity contribution in [1.29, 1.82) is 0 Å². The Morgan fingerprint density at radius 2 is 1.72 bits per heavy atom. The van der Waals surface area contributed by atoms with E-state index in [1.54, 1.807) is 18.2 Å². The van der Waals surface area contributed by atoms with E-state index in [4.69, 9.17) is 0 Å². The van der Waals surface area contributed by atoms with Crippen molar-refractivity contribution in [2.75, 3.05) is 29.4 Å². The fourth-order valence-corrected chi connectivity index (χ4v) is 6.10. The summed E-state index contributed by atoms with van der Waals surface area (Å²) in [7, 11) is -3.67. The predicted molar refractivity (Wildman–Crippen MR) is 126 cm³/mol. The van der Waals surface area contributed by atoms with Gasteiger partial charge in [0.15, 0.2) is 0 Å². The minimum Gasteiger partial charge on any atom is -0.372 e. The van der Waals surface area contributed by atoms with E-state index in [1.807, 2.05) is 24.0 Å². The Balaban J connectivity index is 1.28. The molecule has 2 aromatic carbocycles. The third-order valence-corrected chi connectivity index (χ3v) is 8.43. The average molecular weight is 454 g/mol. The molecule has 0 radical (unpaired) electrons. The molecule has 1 amide bonds. The molecule has 0 bridgehead atoms. The number of carbonyl (C=O) groups excluding carboxylic acids is 1. The Morgan fingerprint density at radius 3 is 2.41 bits per heavy atom. The molecule has 2 aliphatic heterocycles. The first kappa shape index (κ1) is 21.5. The number of nitrogens with zero attached hydrogens (tertiary/aromatic N) is 2. The molecule has 6 nitrogen and oxygen atoms in total. The van der Waals surface area contributed by atoms with Gasteiger partial charge in [0.2, 0.25) is 15.9 Å². The monoisotopic (exact) mass is 453 g/mol. The number of fused-ring (bicyclic) bond motifs is 1. The van der Waals surface area contributed by atoms with Gasteiger partial charge in [0.1, 0.15) is 0 Å². The van der Waals surface area contributed by atoms with E-state index in [9.17, 15) is 13.2 Å². The maximum atomic E-state index is 13.1. The van der Waals surface area contributed by atoms with Crippen molar-refractivity contribution in [3.8, 4) is 0 Å². The smallest absolute Gasteiger partial charge is 0.241 e. The Hall–Kier alpha value is -2.38. The molecule has 2 fully saturated rings. The van der Waals surface area contributed by atoms with Crippen molar-refractivity contribution >= 4 is 27.3 Å². The number of rotatable bonds is 6. The normalized spacial score (nSPS) is 19.7. The number of sulfonamides is 1. The highest BCUT2D eigenvalue weighted by Gasteiger charge is 2.36. The number of nitrogens with one attached hydrogen (secondary N) is 1. The number of hydrogen-bond acceptors (Lipinski definition) is 4. The number of piperidine rings is 1.